The first kappa shape index (κ1) is 11.9. The Kier molecular flexibility index (Phi) is 3.61. The fraction of sp³-hybridized carbons (Fsp3) is 0. The largest absolute Gasteiger partial charge is 0.301 e. The Balaban J connectivity index is 2.38. The van der Waals surface area contributed by atoms with Gasteiger partial charge in [-0.3, -0.25) is 9.59 Å². The highest BCUT2D eigenvalue weighted by molar-refractivity contribution is 7.99. The zero-order valence-corrected chi connectivity index (χ0v) is 10.1. The predicted octanol–water partition coefficient (Wildman–Crippen LogP) is 2.39. The molecule has 0 atom stereocenters. The van der Waals surface area contributed by atoms with Gasteiger partial charge in [0.25, 0.3) is 5.56 Å². The van der Waals surface area contributed by atoms with E-state index in [0.717, 1.165) is 6.29 Å². The van der Waals surface area contributed by atoms with Gasteiger partial charge in [-0.15, -0.1) is 0 Å². The molecule has 0 radical (unpaired) electrons. The maximum Gasteiger partial charge on any atom is 0.251 e. The summed E-state index contributed by atoms with van der Waals surface area (Å²) in [5.41, 5.74) is 0.267. The van der Waals surface area contributed by atoms with Gasteiger partial charge in [-0.2, -0.15) is 0 Å². The number of carbonyl (C=O) groups is 1. The molecule has 0 amide bonds. The minimum absolute atomic E-state index is 0.239. The van der Waals surface area contributed by atoms with Crippen LogP contribution in [-0.4, -0.2) is 16.3 Å². The van der Waals surface area contributed by atoms with E-state index in [0.29, 0.717) is 20.6 Å². The van der Waals surface area contributed by atoms with Crippen molar-refractivity contribution in [2.24, 2.45) is 0 Å². The molecule has 4 nitrogen and oxygen atoms in total. The van der Waals surface area contributed by atoms with Crippen LogP contribution in [0.4, 0.5) is 0 Å². The molecule has 17 heavy (non-hydrogen) atoms. The second-order valence-electron chi connectivity index (χ2n) is 3.14. The topological polar surface area (TPSA) is 62.8 Å². The van der Waals surface area contributed by atoms with E-state index in [1.54, 1.807) is 18.2 Å². The second-order valence-corrected chi connectivity index (χ2v) is 4.61. The van der Waals surface area contributed by atoms with Crippen LogP contribution in [0.3, 0.4) is 0 Å². The van der Waals surface area contributed by atoms with Gasteiger partial charge < -0.3 is 4.98 Å². The summed E-state index contributed by atoms with van der Waals surface area (Å²) in [6.45, 7) is 0. The summed E-state index contributed by atoms with van der Waals surface area (Å²) in [5.74, 6) is 0. The SMILES string of the molecule is O=Cc1ccc(Cl)cc1Sc1nccc(=O)[nH]1. The van der Waals surface area contributed by atoms with Crippen LogP contribution in [-0.2, 0) is 0 Å². The van der Waals surface area contributed by atoms with E-state index in [-0.39, 0.29) is 5.56 Å². The normalized spacial score (nSPS) is 10.2. The molecule has 0 unspecified atom stereocenters. The minimum Gasteiger partial charge on any atom is -0.301 e. The summed E-state index contributed by atoms with van der Waals surface area (Å²) in [7, 11) is 0. The molecule has 0 bridgehead atoms. The predicted molar refractivity (Wildman–Crippen MR) is 65.8 cm³/mol. The number of rotatable bonds is 3. The molecular weight excluding hydrogens is 260 g/mol. The van der Waals surface area contributed by atoms with Gasteiger partial charge in [0.15, 0.2) is 11.4 Å². The lowest BCUT2D eigenvalue weighted by molar-refractivity contribution is 0.112. The Morgan fingerprint density at radius 1 is 1.35 bits per heavy atom. The van der Waals surface area contributed by atoms with Gasteiger partial charge in [-0.05, 0) is 18.2 Å². The molecule has 0 fully saturated rings. The highest BCUT2D eigenvalue weighted by atomic mass is 35.5. The number of halogens is 1. The lowest BCUT2D eigenvalue weighted by atomic mass is 10.2. The van der Waals surface area contributed by atoms with Gasteiger partial charge in [-0.25, -0.2) is 4.98 Å². The summed E-state index contributed by atoms with van der Waals surface area (Å²) < 4.78 is 0. The van der Waals surface area contributed by atoms with Crippen molar-refractivity contribution in [3.63, 3.8) is 0 Å². The van der Waals surface area contributed by atoms with E-state index in [4.69, 9.17) is 11.6 Å². The van der Waals surface area contributed by atoms with Gasteiger partial charge >= 0.3 is 0 Å². The quantitative estimate of drug-likeness (QED) is 0.684. The maximum atomic E-state index is 11.1. The van der Waals surface area contributed by atoms with Crippen LogP contribution >= 0.6 is 23.4 Å². The average molecular weight is 267 g/mol. The number of nitrogens with zero attached hydrogens (tertiary/aromatic N) is 1. The number of aromatic nitrogens is 2. The number of aldehydes is 1. The number of H-pyrrole nitrogens is 1. The van der Waals surface area contributed by atoms with Crippen LogP contribution in [0, 0.1) is 0 Å². The maximum absolute atomic E-state index is 11.1. The molecule has 6 heteroatoms. The van der Waals surface area contributed by atoms with E-state index in [1.165, 1.54) is 24.0 Å². The minimum atomic E-state index is -0.239. The summed E-state index contributed by atoms with van der Waals surface area (Å²) >= 11 is 7.03. The molecule has 0 saturated carbocycles. The van der Waals surface area contributed by atoms with Crippen LogP contribution in [0.25, 0.3) is 0 Å². The molecule has 1 N–H and O–H groups in total. The number of carbonyl (C=O) groups excluding carboxylic acids is 1. The zero-order valence-electron chi connectivity index (χ0n) is 8.51. The summed E-state index contributed by atoms with van der Waals surface area (Å²) in [6, 6.07) is 6.24. The van der Waals surface area contributed by atoms with Gasteiger partial charge in [0.2, 0.25) is 0 Å². The zero-order chi connectivity index (χ0) is 12.3. The number of nitrogens with one attached hydrogen (secondary N) is 1. The van der Waals surface area contributed by atoms with Crippen molar-refractivity contribution >= 4 is 29.6 Å². The Labute approximate surface area is 106 Å². The number of hydrogen-bond donors (Lipinski definition) is 1. The Bertz CT molecular complexity index is 612. The van der Waals surface area contributed by atoms with Crippen molar-refractivity contribution in [1.82, 2.24) is 9.97 Å². The molecule has 0 spiro atoms. The van der Waals surface area contributed by atoms with E-state index >= 15 is 0 Å². The molecule has 0 saturated heterocycles. The molecule has 86 valence electrons. The van der Waals surface area contributed by atoms with Crippen LogP contribution in [0.15, 0.2) is 45.3 Å². The first-order valence-corrected chi connectivity index (χ1v) is 5.86. The summed E-state index contributed by atoms with van der Waals surface area (Å²) in [5, 5.41) is 0.944. The summed E-state index contributed by atoms with van der Waals surface area (Å²) in [6.07, 6.45) is 2.14. The second kappa shape index (κ2) is 5.16. The van der Waals surface area contributed by atoms with Crippen molar-refractivity contribution in [3.8, 4) is 0 Å². The van der Waals surface area contributed by atoms with Crippen molar-refractivity contribution < 1.29 is 4.79 Å². The van der Waals surface area contributed by atoms with Crippen molar-refractivity contribution in [2.45, 2.75) is 10.1 Å². The van der Waals surface area contributed by atoms with Gasteiger partial charge in [-0.1, -0.05) is 23.4 Å². The Morgan fingerprint density at radius 3 is 2.88 bits per heavy atom. The van der Waals surface area contributed by atoms with Gasteiger partial charge in [0.05, 0.1) is 0 Å². The van der Waals surface area contributed by atoms with Gasteiger partial charge in [0, 0.05) is 27.7 Å². The van der Waals surface area contributed by atoms with Crippen molar-refractivity contribution in [2.75, 3.05) is 0 Å². The van der Waals surface area contributed by atoms with E-state index in [9.17, 15) is 9.59 Å². The van der Waals surface area contributed by atoms with Crippen LogP contribution in [0.1, 0.15) is 10.4 Å². The Hall–Kier alpha value is -1.59. The van der Waals surface area contributed by atoms with Crippen LogP contribution in [0.2, 0.25) is 5.02 Å². The molecule has 0 aliphatic carbocycles. The fourth-order valence-corrected chi connectivity index (χ4v) is 2.33. The molecule has 2 aromatic rings. The van der Waals surface area contributed by atoms with Gasteiger partial charge in [0.1, 0.15) is 0 Å². The third-order valence-electron chi connectivity index (χ3n) is 1.96. The average Bonchev–Trinajstić information content (AvgIpc) is 2.29. The monoisotopic (exact) mass is 266 g/mol. The van der Waals surface area contributed by atoms with Crippen molar-refractivity contribution in [1.29, 1.82) is 0 Å². The standard InChI is InChI=1S/C11H7ClN2O2S/c12-8-2-1-7(6-15)9(5-8)17-11-13-4-3-10(16)14-11/h1-6H,(H,13,14,16). The van der Waals surface area contributed by atoms with E-state index in [2.05, 4.69) is 9.97 Å². The third kappa shape index (κ3) is 2.95. The molecule has 0 aliphatic heterocycles. The molecular formula is C11H7ClN2O2S. The first-order valence-electron chi connectivity index (χ1n) is 4.67. The lowest BCUT2D eigenvalue weighted by Crippen LogP contribution is -2.05. The van der Waals surface area contributed by atoms with Crippen molar-refractivity contribution in [3.05, 3.63) is 51.4 Å². The summed E-state index contributed by atoms with van der Waals surface area (Å²) in [4.78, 5) is 29.2. The molecule has 1 aromatic carbocycles. The number of hydrogen-bond acceptors (Lipinski definition) is 4. The highest BCUT2D eigenvalue weighted by Crippen LogP contribution is 2.28. The Morgan fingerprint density at radius 2 is 2.18 bits per heavy atom. The molecule has 1 heterocycles. The number of aromatic amines is 1. The van der Waals surface area contributed by atoms with Crippen LogP contribution < -0.4 is 5.56 Å². The fourth-order valence-electron chi connectivity index (χ4n) is 1.20. The molecule has 2 rings (SSSR count). The lowest BCUT2D eigenvalue weighted by Gasteiger charge is -2.03. The smallest absolute Gasteiger partial charge is 0.251 e. The first-order chi connectivity index (χ1) is 8.19. The van der Waals surface area contributed by atoms with Crippen LogP contribution in [0.5, 0.6) is 0 Å². The molecule has 1 aromatic heterocycles. The highest BCUT2D eigenvalue weighted by Gasteiger charge is 2.06. The molecule has 0 aliphatic rings. The third-order valence-corrected chi connectivity index (χ3v) is 3.17. The van der Waals surface area contributed by atoms with E-state index < -0.39 is 0 Å². The van der Waals surface area contributed by atoms with E-state index in [1.807, 2.05) is 0 Å². The number of benzene rings is 1.